The van der Waals surface area contributed by atoms with Gasteiger partial charge >= 0.3 is 0 Å². The molecule has 8 nitrogen and oxygen atoms in total. The van der Waals surface area contributed by atoms with Gasteiger partial charge in [0, 0.05) is 29.6 Å². The average molecular weight is 515 g/mol. The van der Waals surface area contributed by atoms with Crippen LogP contribution in [0.25, 0.3) is 10.9 Å². The van der Waals surface area contributed by atoms with Gasteiger partial charge in [0.1, 0.15) is 5.75 Å². The summed E-state index contributed by atoms with van der Waals surface area (Å²) in [6, 6.07) is 14.6. The minimum Gasteiger partial charge on any atom is -0.496 e. The molecule has 0 radical (unpaired) electrons. The third kappa shape index (κ3) is 5.23. The lowest BCUT2D eigenvalue weighted by Crippen LogP contribution is -2.33. The van der Waals surface area contributed by atoms with Crippen LogP contribution in [0, 0.1) is 13.8 Å². The summed E-state index contributed by atoms with van der Waals surface area (Å²) < 4.78 is 7.75. The van der Waals surface area contributed by atoms with Gasteiger partial charge in [0.05, 0.1) is 24.7 Å². The van der Waals surface area contributed by atoms with Crippen molar-refractivity contribution in [3.63, 3.8) is 0 Å². The second kappa shape index (κ2) is 11.5. The number of methoxy groups -OCH3 is 1. The maximum absolute atomic E-state index is 13.4. The molecule has 1 N–H and O–H groups in total. The molecule has 2 aromatic carbocycles. The molecule has 1 atom stereocenters. The highest BCUT2D eigenvalue weighted by Crippen LogP contribution is 2.34. The summed E-state index contributed by atoms with van der Waals surface area (Å²) in [7, 11) is 1.70. The molecular weight excluding hydrogens is 476 g/mol. The quantitative estimate of drug-likeness (QED) is 0.304. The molecule has 2 heterocycles. The molecule has 1 aliphatic carbocycles. The molecular formula is C30H38N6O2. The number of hydrogen-bond acceptors (Lipinski definition) is 6. The van der Waals surface area contributed by atoms with E-state index in [1.807, 2.05) is 25.1 Å². The second-order valence-electron chi connectivity index (χ2n) is 10.5. The van der Waals surface area contributed by atoms with E-state index in [0.717, 1.165) is 64.0 Å². The van der Waals surface area contributed by atoms with E-state index in [2.05, 4.69) is 68.2 Å². The number of nitrogens with one attached hydrogen (secondary N) is 1. The fourth-order valence-electron chi connectivity index (χ4n) is 5.89. The van der Waals surface area contributed by atoms with Crippen molar-refractivity contribution in [2.75, 3.05) is 7.11 Å². The molecule has 0 bridgehead atoms. The third-order valence-electron chi connectivity index (χ3n) is 8.02. The van der Waals surface area contributed by atoms with E-state index < -0.39 is 0 Å². The fourth-order valence-corrected chi connectivity index (χ4v) is 5.89. The zero-order valence-electron chi connectivity index (χ0n) is 22.9. The number of benzene rings is 2. The summed E-state index contributed by atoms with van der Waals surface area (Å²) in [5.74, 6) is 1.71. The van der Waals surface area contributed by atoms with Crippen molar-refractivity contribution in [2.24, 2.45) is 0 Å². The first-order chi connectivity index (χ1) is 18.5. The summed E-state index contributed by atoms with van der Waals surface area (Å²) in [6.07, 6.45) is 6.70. The standard InChI is InChI=1S/C30H38N6O2/c1-5-26(29-32-33-34-36(29)24-12-7-6-8-13-24)35(18-22-11-9-10-14-27(22)38-4)19-23-17-25-20(2)15-16-21(3)28(25)31-30(23)37/h9-11,14-17,24,26H,5-8,12-13,18-19H2,1-4H3,(H,31,37)/t26-/m0/s1. The Morgan fingerprint density at radius 1 is 1.05 bits per heavy atom. The van der Waals surface area contributed by atoms with E-state index in [1.165, 1.54) is 19.3 Å². The summed E-state index contributed by atoms with van der Waals surface area (Å²) in [4.78, 5) is 18.9. The number of aromatic nitrogens is 5. The molecule has 1 fully saturated rings. The first-order valence-corrected chi connectivity index (χ1v) is 13.8. The highest BCUT2D eigenvalue weighted by molar-refractivity contribution is 5.85. The molecule has 0 unspecified atom stereocenters. The van der Waals surface area contributed by atoms with Crippen molar-refractivity contribution in [3.05, 3.63) is 80.9 Å². The predicted octanol–water partition coefficient (Wildman–Crippen LogP) is 5.80. The number of aryl methyl sites for hydroxylation is 2. The molecule has 5 rings (SSSR count). The van der Waals surface area contributed by atoms with Crippen LogP contribution in [0.5, 0.6) is 5.75 Å². The van der Waals surface area contributed by atoms with Gasteiger partial charge in [0.15, 0.2) is 5.82 Å². The van der Waals surface area contributed by atoms with Gasteiger partial charge in [-0.15, -0.1) is 5.10 Å². The molecule has 0 spiro atoms. The van der Waals surface area contributed by atoms with Crippen molar-refractivity contribution in [3.8, 4) is 5.75 Å². The molecule has 200 valence electrons. The number of nitrogens with zero attached hydrogens (tertiary/aromatic N) is 5. The smallest absolute Gasteiger partial charge is 0.252 e. The van der Waals surface area contributed by atoms with Gasteiger partial charge in [-0.05, 0) is 66.8 Å². The number of hydrogen-bond donors (Lipinski definition) is 1. The van der Waals surface area contributed by atoms with Gasteiger partial charge in [-0.1, -0.05) is 56.5 Å². The SMILES string of the molecule is CC[C@@H](c1nnnn1C1CCCCC1)N(Cc1ccccc1OC)Cc1cc2c(C)ccc(C)c2[nH]c1=O. The number of rotatable bonds is 9. The van der Waals surface area contributed by atoms with Crippen LogP contribution in [0.4, 0.5) is 0 Å². The van der Waals surface area contributed by atoms with Crippen molar-refractivity contribution in [2.45, 2.75) is 84.5 Å². The van der Waals surface area contributed by atoms with Crippen molar-refractivity contribution in [1.82, 2.24) is 30.1 Å². The van der Waals surface area contributed by atoms with Crippen LogP contribution in [-0.4, -0.2) is 37.2 Å². The van der Waals surface area contributed by atoms with Crippen molar-refractivity contribution in [1.29, 1.82) is 0 Å². The van der Waals surface area contributed by atoms with Gasteiger partial charge in [-0.25, -0.2) is 4.68 Å². The number of aromatic amines is 1. The maximum atomic E-state index is 13.4. The lowest BCUT2D eigenvalue weighted by molar-refractivity contribution is 0.153. The number of H-pyrrole nitrogens is 1. The van der Waals surface area contributed by atoms with E-state index in [0.29, 0.717) is 19.1 Å². The van der Waals surface area contributed by atoms with Crippen molar-refractivity contribution >= 4 is 10.9 Å². The van der Waals surface area contributed by atoms with Crippen LogP contribution in [0.2, 0.25) is 0 Å². The van der Waals surface area contributed by atoms with Gasteiger partial charge in [-0.3, -0.25) is 9.69 Å². The lowest BCUT2D eigenvalue weighted by atomic mass is 9.95. The molecule has 1 saturated carbocycles. The topological polar surface area (TPSA) is 88.9 Å². The van der Waals surface area contributed by atoms with Crippen LogP contribution < -0.4 is 10.3 Å². The predicted molar refractivity (Wildman–Crippen MR) is 149 cm³/mol. The molecule has 0 saturated heterocycles. The lowest BCUT2D eigenvalue weighted by Gasteiger charge is -2.32. The summed E-state index contributed by atoms with van der Waals surface area (Å²) in [5.41, 5.74) is 4.86. The first kappa shape index (κ1) is 26.1. The Balaban J connectivity index is 1.57. The molecule has 1 aliphatic rings. The first-order valence-electron chi connectivity index (χ1n) is 13.8. The van der Waals surface area contributed by atoms with E-state index in [4.69, 9.17) is 4.74 Å². The van der Waals surface area contributed by atoms with E-state index in [9.17, 15) is 4.79 Å². The highest BCUT2D eigenvalue weighted by Gasteiger charge is 2.29. The Labute approximate surface area is 224 Å². The molecule has 0 aliphatic heterocycles. The molecule has 2 aromatic heterocycles. The van der Waals surface area contributed by atoms with Gasteiger partial charge in [0.2, 0.25) is 0 Å². The van der Waals surface area contributed by atoms with Crippen LogP contribution in [0.1, 0.15) is 85.6 Å². The zero-order valence-corrected chi connectivity index (χ0v) is 22.9. The van der Waals surface area contributed by atoms with Gasteiger partial charge in [-0.2, -0.15) is 0 Å². The fraction of sp³-hybridized carbons (Fsp3) is 0.467. The summed E-state index contributed by atoms with van der Waals surface area (Å²) >= 11 is 0. The Hall–Kier alpha value is -3.52. The van der Waals surface area contributed by atoms with Gasteiger partial charge < -0.3 is 9.72 Å². The monoisotopic (exact) mass is 514 g/mol. The summed E-state index contributed by atoms with van der Waals surface area (Å²) in [6.45, 7) is 7.35. The largest absolute Gasteiger partial charge is 0.496 e. The molecule has 38 heavy (non-hydrogen) atoms. The van der Waals surface area contributed by atoms with Crippen molar-refractivity contribution < 1.29 is 4.74 Å². The Bertz CT molecular complexity index is 1450. The van der Waals surface area contributed by atoms with Crippen LogP contribution >= 0.6 is 0 Å². The molecule has 0 amide bonds. The normalized spacial score (nSPS) is 15.3. The maximum Gasteiger partial charge on any atom is 0.252 e. The van der Waals surface area contributed by atoms with E-state index >= 15 is 0 Å². The number of para-hydroxylation sites is 1. The van der Waals surface area contributed by atoms with E-state index in [-0.39, 0.29) is 11.6 Å². The number of pyridine rings is 1. The van der Waals surface area contributed by atoms with E-state index in [1.54, 1.807) is 7.11 Å². The van der Waals surface area contributed by atoms with Crippen LogP contribution in [-0.2, 0) is 13.1 Å². The second-order valence-corrected chi connectivity index (χ2v) is 10.5. The van der Waals surface area contributed by atoms with Crippen LogP contribution in [0.15, 0.2) is 47.3 Å². The van der Waals surface area contributed by atoms with Crippen LogP contribution in [0.3, 0.4) is 0 Å². The number of fused-ring (bicyclic) bond motifs is 1. The Morgan fingerprint density at radius 3 is 2.55 bits per heavy atom. The zero-order chi connectivity index (χ0) is 26.6. The average Bonchev–Trinajstić information content (AvgIpc) is 3.42. The Kier molecular flexibility index (Phi) is 7.88. The Morgan fingerprint density at radius 2 is 1.79 bits per heavy atom. The minimum absolute atomic E-state index is 0.0575. The summed E-state index contributed by atoms with van der Waals surface area (Å²) in [5, 5.41) is 14.2. The minimum atomic E-state index is -0.0643. The number of tetrazole rings is 1. The molecule has 8 heteroatoms. The number of ether oxygens (including phenoxy) is 1. The van der Waals surface area contributed by atoms with Gasteiger partial charge in [0.25, 0.3) is 5.56 Å². The third-order valence-corrected chi connectivity index (χ3v) is 8.02. The highest BCUT2D eigenvalue weighted by atomic mass is 16.5. The molecule has 4 aromatic rings.